The van der Waals surface area contributed by atoms with Crippen LogP contribution in [0, 0.1) is 0 Å². The molecule has 2 saturated heterocycles. The minimum absolute atomic E-state index is 0.0310. The Bertz CT molecular complexity index is 1310. The first-order chi connectivity index (χ1) is 18.4. The predicted octanol–water partition coefficient (Wildman–Crippen LogP) is 5.98. The number of nitrogens with zero attached hydrogens (tertiary/aromatic N) is 2. The number of carbonyl (C=O) groups excluding carboxylic acids is 2. The molecule has 3 heterocycles. The van der Waals surface area contributed by atoms with E-state index in [-0.39, 0.29) is 23.3 Å². The number of halogens is 1. The minimum Gasteiger partial charge on any atom is -0.507 e. The Labute approximate surface area is 230 Å². The third kappa shape index (κ3) is 6.05. The Kier molecular flexibility index (Phi) is 8.04. The fourth-order valence-corrected chi connectivity index (χ4v) is 5.83. The molecule has 2 N–H and O–H groups in total. The SMILES string of the molecule is COc1cc(-c2cnc(C3CC3)s2)c(O)cc1C(=O)NCc1ccc(Cl)cc1.O=C1OCC2CCCCN12. The highest BCUT2D eigenvalue weighted by Gasteiger charge is 2.34. The van der Waals surface area contributed by atoms with Gasteiger partial charge in [-0.3, -0.25) is 4.79 Å². The summed E-state index contributed by atoms with van der Waals surface area (Å²) >= 11 is 7.45. The average molecular weight is 556 g/mol. The molecule has 1 aromatic heterocycles. The molecule has 0 spiro atoms. The molecule has 1 atom stereocenters. The maximum Gasteiger partial charge on any atom is 0.410 e. The molecule has 0 bridgehead atoms. The van der Waals surface area contributed by atoms with Crippen LogP contribution < -0.4 is 10.1 Å². The standard InChI is InChI=1S/C21H19ClN2O3S.C7H11NO2/c1-27-18-9-15(19-11-24-21(28-19)13-4-5-13)17(25)8-16(18)20(26)23-10-12-2-6-14(22)7-3-12;9-7-8-4-2-1-3-6(8)5-10-7/h2-3,6-9,11,13,25H,4-5,10H2,1H3,(H,23,26);6H,1-5H2. The zero-order valence-electron chi connectivity index (χ0n) is 21.1. The van der Waals surface area contributed by atoms with E-state index in [1.54, 1.807) is 35.7 Å². The molecule has 38 heavy (non-hydrogen) atoms. The third-order valence-electron chi connectivity index (χ3n) is 6.91. The largest absolute Gasteiger partial charge is 0.507 e. The van der Waals surface area contributed by atoms with Crippen LogP contribution in [0.15, 0.2) is 42.6 Å². The van der Waals surface area contributed by atoms with E-state index < -0.39 is 0 Å². The van der Waals surface area contributed by atoms with Crippen LogP contribution in [0.3, 0.4) is 0 Å². The van der Waals surface area contributed by atoms with Crippen molar-refractivity contribution in [2.24, 2.45) is 0 Å². The van der Waals surface area contributed by atoms with Crippen LogP contribution in [0.2, 0.25) is 5.02 Å². The van der Waals surface area contributed by atoms with Crippen LogP contribution in [-0.2, 0) is 11.3 Å². The lowest BCUT2D eigenvalue weighted by atomic mass is 10.0. The first-order valence-electron chi connectivity index (χ1n) is 12.8. The van der Waals surface area contributed by atoms with Crippen molar-refractivity contribution in [2.45, 2.75) is 50.6 Å². The Morgan fingerprint density at radius 1 is 1.24 bits per heavy atom. The molecule has 10 heteroatoms. The molecule has 6 rings (SSSR count). The Morgan fingerprint density at radius 3 is 2.74 bits per heavy atom. The van der Waals surface area contributed by atoms with Crippen molar-refractivity contribution in [3.05, 3.63) is 63.8 Å². The summed E-state index contributed by atoms with van der Waals surface area (Å²) in [6.07, 6.45) is 7.54. The Balaban J connectivity index is 0.000000244. The number of nitrogens with one attached hydrogen (secondary N) is 1. The van der Waals surface area contributed by atoms with Gasteiger partial charge >= 0.3 is 6.09 Å². The van der Waals surface area contributed by atoms with E-state index >= 15 is 0 Å². The molecule has 2 aliphatic heterocycles. The van der Waals surface area contributed by atoms with E-state index in [9.17, 15) is 14.7 Å². The topological polar surface area (TPSA) is 101 Å². The number of fused-ring (bicyclic) bond motifs is 1. The van der Waals surface area contributed by atoms with Crippen molar-refractivity contribution in [1.29, 1.82) is 0 Å². The van der Waals surface area contributed by atoms with E-state index in [1.807, 2.05) is 17.0 Å². The van der Waals surface area contributed by atoms with E-state index in [4.69, 9.17) is 21.1 Å². The van der Waals surface area contributed by atoms with Gasteiger partial charge in [-0.25, -0.2) is 9.78 Å². The lowest BCUT2D eigenvalue weighted by Gasteiger charge is -2.25. The smallest absolute Gasteiger partial charge is 0.410 e. The maximum atomic E-state index is 12.6. The molecule has 3 aliphatic rings. The number of ether oxygens (including phenoxy) is 2. The van der Waals surface area contributed by atoms with Gasteiger partial charge in [-0.2, -0.15) is 0 Å². The third-order valence-corrected chi connectivity index (χ3v) is 8.35. The normalized spacial score (nSPS) is 18.2. The molecular weight excluding hydrogens is 526 g/mol. The molecule has 3 fully saturated rings. The number of phenols is 1. The summed E-state index contributed by atoms with van der Waals surface area (Å²) in [5.41, 5.74) is 1.83. The summed E-state index contributed by atoms with van der Waals surface area (Å²) in [5.74, 6) is 0.670. The fraction of sp³-hybridized carbons (Fsp3) is 0.393. The number of amides is 2. The Hall–Kier alpha value is -3.30. The zero-order chi connectivity index (χ0) is 26.6. The molecule has 1 aliphatic carbocycles. The number of methoxy groups -OCH3 is 1. The van der Waals surface area contributed by atoms with E-state index in [1.165, 1.54) is 32.4 Å². The number of thiazole rings is 1. The number of phenolic OH excluding ortho intramolecular Hbond substituents is 1. The first-order valence-corrected chi connectivity index (χ1v) is 14.0. The van der Waals surface area contributed by atoms with Crippen LogP contribution in [0.1, 0.15) is 59.0 Å². The summed E-state index contributed by atoms with van der Waals surface area (Å²) in [6.45, 7) is 1.88. The van der Waals surface area contributed by atoms with Gasteiger partial charge in [0.2, 0.25) is 0 Å². The van der Waals surface area contributed by atoms with Gasteiger partial charge in [0, 0.05) is 35.8 Å². The van der Waals surface area contributed by atoms with Gasteiger partial charge in [-0.1, -0.05) is 23.7 Å². The molecule has 3 aromatic rings. The molecule has 8 nitrogen and oxygen atoms in total. The van der Waals surface area contributed by atoms with Crippen molar-refractivity contribution in [3.63, 3.8) is 0 Å². The molecule has 2 aromatic carbocycles. The number of piperidine rings is 1. The van der Waals surface area contributed by atoms with Crippen LogP contribution in [0.25, 0.3) is 10.4 Å². The van der Waals surface area contributed by atoms with E-state index in [2.05, 4.69) is 10.3 Å². The lowest BCUT2D eigenvalue weighted by Crippen LogP contribution is -2.37. The van der Waals surface area contributed by atoms with Crippen molar-refractivity contribution >= 4 is 34.9 Å². The van der Waals surface area contributed by atoms with Gasteiger partial charge in [0.1, 0.15) is 18.1 Å². The summed E-state index contributed by atoms with van der Waals surface area (Å²) < 4.78 is 10.3. The molecule has 0 radical (unpaired) electrons. The van der Waals surface area contributed by atoms with Crippen LogP contribution in [-0.4, -0.2) is 53.3 Å². The van der Waals surface area contributed by atoms with Gasteiger partial charge in [-0.05, 0) is 61.9 Å². The minimum atomic E-state index is -0.323. The highest BCUT2D eigenvalue weighted by atomic mass is 35.5. The number of aromatic nitrogens is 1. The second-order valence-electron chi connectivity index (χ2n) is 9.64. The lowest BCUT2D eigenvalue weighted by molar-refractivity contribution is 0.0947. The van der Waals surface area contributed by atoms with Gasteiger partial charge in [0.05, 0.1) is 28.6 Å². The predicted molar refractivity (Wildman–Crippen MR) is 146 cm³/mol. The second-order valence-corrected chi connectivity index (χ2v) is 11.1. The van der Waals surface area contributed by atoms with Gasteiger partial charge < -0.3 is 24.8 Å². The summed E-state index contributed by atoms with van der Waals surface area (Å²) in [4.78, 5) is 30.7. The monoisotopic (exact) mass is 555 g/mol. The number of hydrogen-bond donors (Lipinski definition) is 2. The number of cyclic esters (lactones) is 1. The number of benzene rings is 2. The average Bonchev–Trinajstić information content (AvgIpc) is 3.55. The number of rotatable bonds is 6. The molecule has 2 amide bonds. The summed E-state index contributed by atoms with van der Waals surface area (Å²) in [6, 6.07) is 10.8. The quantitative estimate of drug-likeness (QED) is 0.388. The van der Waals surface area contributed by atoms with Gasteiger partial charge in [0.15, 0.2) is 0 Å². The number of hydrogen-bond acceptors (Lipinski definition) is 7. The second kappa shape index (κ2) is 11.6. The van der Waals surface area contributed by atoms with E-state index in [0.29, 0.717) is 41.4 Å². The zero-order valence-corrected chi connectivity index (χ0v) is 22.7. The van der Waals surface area contributed by atoms with Gasteiger partial charge in [0.25, 0.3) is 5.91 Å². The van der Waals surface area contributed by atoms with Crippen LogP contribution in [0.5, 0.6) is 11.5 Å². The first kappa shape index (κ1) is 26.3. The molecule has 200 valence electrons. The Morgan fingerprint density at radius 2 is 2.03 bits per heavy atom. The molecule has 1 saturated carbocycles. The number of carbonyl (C=O) groups is 2. The van der Waals surface area contributed by atoms with Crippen LogP contribution in [0.4, 0.5) is 4.79 Å². The van der Waals surface area contributed by atoms with Crippen molar-refractivity contribution in [3.8, 4) is 21.9 Å². The summed E-state index contributed by atoms with van der Waals surface area (Å²) in [7, 11) is 1.51. The summed E-state index contributed by atoms with van der Waals surface area (Å²) in [5, 5.41) is 15.1. The maximum absolute atomic E-state index is 12.6. The molecular formula is C28H30ClN3O5S. The highest BCUT2D eigenvalue weighted by Crippen LogP contribution is 2.45. The number of aromatic hydroxyl groups is 1. The molecule has 1 unspecified atom stereocenters. The highest BCUT2D eigenvalue weighted by molar-refractivity contribution is 7.15. The van der Waals surface area contributed by atoms with Crippen molar-refractivity contribution < 1.29 is 24.2 Å². The van der Waals surface area contributed by atoms with Crippen molar-refractivity contribution in [2.75, 3.05) is 20.3 Å². The van der Waals surface area contributed by atoms with E-state index in [0.717, 1.165) is 34.8 Å². The fourth-order valence-electron chi connectivity index (χ4n) is 4.59. The van der Waals surface area contributed by atoms with Gasteiger partial charge in [-0.15, -0.1) is 11.3 Å². The van der Waals surface area contributed by atoms with Crippen molar-refractivity contribution in [1.82, 2.24) is 15.2 Å². The van der Waals surface area contributed by atoms with Crippen LogP contribution >= 0.6 is 22.9 Å².